The molecule has 1 atom stereocenters. The highest BCUT2D eigenvalue weighted by molar-refractivity contribution is 7.98. The first-order valence-electron chi connectivity index (χ1n) is 3.53. The van der Waals surface area contributed by atoms with Crippen LogP contribution in [0.25, 0.3) is 0 Å². The summed E-state index contributed by atoms with van der Waals surface area (Å²) in [7, 11) is 0. The highest BCUT2D eigenvalue weighted by Gasteiger charge is 2.09. The fourth-order valence-corrected chi connectivity index (χ4v) is 1.17. The predicted molar refractivity (Wildman–Crippen MR) is 45.6 cm³/mol. The molecule has 0 aliphatic carbocycles. The molecular weight excluding hydrogens is 164 g/mol. The van der Waals surface area contributed by atoms with E-state index in [2.05, 4.69) is 4.74 Å². The van der Waals surface area contributed by atoms with E-state index in [4.69, 9.17) is 5.11 Å². The quantitative estimate of drug-likeness (QED) is 0.628. The van der Waals surface area contributed by atoms with Crippen molar-refractivity contribution >= 4 is 17.7 Å². The van der Waals surface area contributed by atoms with Crippen LogP contribution in [0, 0.1) is 0 Å². The van der Waals surface area contributed by atoms with E-state index in [1.807, 2.05) is 6.26 Å². The maximum Gasteiger partial charge on any atom is 0.308 e. The van der Waals surface area contributed by atoms with Crippen LogP contribution < -0.4 is 0 Å². The fourth-order valence-electron chi connectivity index (χ4n) is 0.664. The second kappa shape index (κ2) is 6.49. The molecule has 66 valence electrons. The van der Waals surface area contributed by atoms with E-state index in [9.17, 15) is 4.79 Å². The van der Waals surface area contributed by atoms with E-state index in [0.29, 0.717) is 12.4 Å². The standard InChI is InChI=1S/C7H14O3S/c1-3-10-7(9)4-6(8)5-11-2/h6,8H,3-5H2,1-2H3. The van der Waals surface area contributed by atoms with Crippen molar-refractivity contribution in [2.75, 3.05) is 18.6 Å². The molecule has 0 aromatic heterocycles. The molecule has 0 aliphatic heterocycles. The zero-order valence-corrected chi connectivity index (χ0v) is 7.69. The van der Waals surface area contributed by atoms with Gasteiger partial charge in [-0.1, -0.05) is 0 Å². The van der Waals surface area contributed by atoms with E-state index >= 15 is 0 Å². The summed E-state index contributed by atoms with van der Waals surface area (Å²) in [6.45, 7) is 2.13. The van der Waals surface area contributed by atoms with Gasteiger partial charge in [0.1, 0.15) is 0 Å². The number of rotatable bonds is 5. The lowest BCUT2D eigenvalue weighted by Crippen LogP contribution is -2.17. The number of thioether (sulfide) groups is 1. The Balaban J connectivity index is 3.40. The molecule has 0 fully saturated rings. The van der Waals surface area contributed by atoms with Gasteiger partial charge in [0.2, 0.25) is 0 Å². The van der Waals surface area contributed by atoms with Crippen LogP contribution in [0.15, 0.2) is 0 Å². The first kappa shape index (κ1) is 10.8. The van der Waals surface area contributed by atoms with Gasteiger partial charge < -0.3 is 9.84 Å². The number of hydrogen-bond donors (Lipinski definition) is 1. The minimum atomic E-state index is -0.566. The Hall–Kier alpha value is -0.220. The van der Waals surface area contributed by atoms with Crippen molar-refractivity contribution < 1.29 is 14.6 Å². The van der Waals surface area contributed by atoms with Crippen molar-refractivity contribution in [3.8, 4) is 0 Å². The highest BCUT2D eigenvalue weighted by atomic mass is 32.2. The highest BCUT2D eigenvalue weighted by Crippen LogP contribution is 2.01. The molecular formula is C7H14O3S. The number of carbonyl (C=O) groups excluding carboxylic acids is 1. The zero-order valence-electron chi connectivity index (χ0n) is 6.87. The minimum Gasteiger partial charge on any atom is -0.466 e. The Labute approximate surface area is 71.1 Å². The smallest absolute Gasteiger partial charge is 0.308 e. The molecule has 3 nitrogen and oxygen atoms in total. The van der Waals surface area contributed by atoms with Gasteiger partial charge in [0.25, 0.3) is 0 Å². The second-order valence-corrected chi connectivity index (χ2v) is 3.03. The molecule has 0 rings (SSSR count). The van der Waals surface area contributed by atoms with Crippen LogP contribution in [-0.2, 0) is 9.53 Å². The summed E-state index contributed by atoms with van der Waals surface area (Å²) >= 11 is 1.51. The Kier molecular flexibility index (Phi) is 6.36. The number of carbonyl (C=O) groups is 1. The first-order valence-corrected chi connectivity index (χ1v) is 4.92. The van der Waals surface area contributed by atoms with Crippen LogP contribution in [0.2, 0.25) is 0 Å². The van der Waals surface area contributed by atoms with Crippen molar-refractivity contribution in [2.24, 2.45) is 0 Å². The molecule has 0 bridgehead atoms. The number of hydrogen-bond acceptors (Lipinski definition) is 4. The number of aliphatic hydroxyl groups is 1. The average molecular weight is 178 g/mol. The molecule has 0 saturated carbocycles. The molecule has 1 unspecified atom stereocenters. The van der Waals surface area contributed by atoms with Crippen LogP contribution >= 0.6 is 11.8 Å². The molecule has 0 aromatic rings. The van der Waals surface area contributed by atoms with Crippen LogP contribution in [0.3, 0.4) is 0 Å². The average Bonchev–Trinajstić information content (AvgIpc) is 1.87. The Morgan fingerprint density at radius 2 is 2.36 bits per heavy atom. The molecule has 11 heavy (non-hydrogen) atoms. The lowest BCUT2D eigenvalue weighted by molar-refractivity contribution is -0.144. The van der Waals surface area contributed by atoms with Crippen molar-refractivity contribution in [3.05, 3.63) is 0 Å². The third-order valence-corrected chi connectivity index (χ3v) is 1.78. The third kappa shape index (κ3) is 6.19. The van der Waals surface area contributed by atoms with Crippen molar-refractivity contribution in [1.82, 2.24) is 0 Å². The van der Waals surface area contributed by atoms with Crippen LogP contribution in [0.5, 0.6) is 0 Å². The van der Waals surface area contributed by atoms with Crippen molar-refractivity contribution in [3.63, 3.8) is 0 Å². The first-order chi connectivity index (χ1) is 5.20. The van der Waals surface area contributed by atoms with Gasteiger partial charge >= 0.3 is 5.97 Å². The van der Waals surface area contributed by atoms with Gasteiger partial charge in [0.05, 0.1) is 19.1 Å². The maximum atomic E-state index is 10.7. The van der Waals surface area contributed by atoms with E-state index in [1.54, 1.807) is 6.92 Å². The molecule has 0 saturated heterocycles. The number of ether oxygens (including phenoxy) is 1. The summed E-state index contributed by atoms with van der Waals surface area (Å²) in [6, 6.07) is 0. The molecule has 0 spiro atoms. The van der Waals surface area contributed by atoms with Gasteiger partial charge in [-0.15, -0.1) is 0 Å². The second-order valence-electron chi connectivity index (χ2n) is 2.12. The summed E-state index contributed by atoms with van der Waals surface area (Å²) in [5, 5.41) is 9.12. The minimum absolute atomic E-state index is 0.106. The van der Waals surface area contributed by atoms with E-state index in [-0.39, 0.29) is 12.4 Å². The lowest BCUT2D eigenvalue weighted by Gasteiger charge is -2.06. The maximum absolute atomic E-state index is 10.7. The third-order valence-electron chi connectivity index (χ3n) is 1.07. The molecule has 0 radical (unpaired) electrons. The van der Waals surface area contributed by atoms with E-state index in [0.717, 1.165) is 0 Å². The molecule has 4 heteroatoms. The van der Waals surface area contributed by atoms with Crippen LogP contribution in [-0.4, -0.2) is 35.8 Å². The van der Waals surface area contributed by atoms with Gasteiger partial charge in [-0.3, -0.25) is 4.79 Å². The van der Waals surface area contributed by atoms with Crippen molar-refractivity contribution in [2.45, 2.75) is 19.4 Å². The molecule has 1 N–H and O–H groups in total. The van der Waals surface area contributed by atoms with Gasteiger partial charge in [0.15, 0.2) is 0 Å². The van der Waals surface area contributed by atoms with Gasteiger partial charge in [0, 0.05) is 5.75 Å². The predicted octanol–water partition coefficient (Wildman–Crippen LogP) is 0.664. The van der Waals surface area contributed by atoms with Gasteiger partial charge in [-0.2, -0.15) is 11.8 Å². The fraction of sp³-hybridized carbons (Fsp3) is 0.857. The monoisotopic (exact) mass is 178 g/mol. The number of aliphatic hydroxyl groups excluding tert-OH is 1. The Bertz CT molecular complexity index is 116. The summed E-state index contributed by atoms with van der Waals surface area (Å²) in [4.78, 5) is 10.7. The molecule has 0 amide bonds. The largest absolute Gasteiger partial charge is 0.466 e. The Morgan fingerprint density at radius 3 is 2.82 bits per heavy atom. The molecule has 0 heterocycles. The van der Waals surface area contributed by atoms with E-state index in [1.165, 1.54) is 11.8 Å². The molecule has 0 aromatic carbocycles. The topological polar surface area (TPSA) is 46.5 Å². The molecule has 0 aliphatic rings. The van der Waals surface area contributed by atoms with Gasteiger partial charge in [-0.05, 0) is 13.2 Å². The number of esters is 1. The van der Waals surface area contributed by atoms with Crippen LogP contribution in [0.1, 0.15) is 13.3 Å². The SMILES string of the molecule is CCOC(=O)CC(O)CSC. The lowest BCUT2D eigenvalue weighted by atomic mass is 10.3. The summed E-state index contributed by atoms with van der Waals surface area (Å²) in [5.41, 5.74) is 0. The Morgan fingerprint density at radius 1 is 1.73 bits per heavy atom. The summed E-state index contributed by atoms with van der Waals surface area (Å²) in [5.74, 6) is 0.257. The van der Waals surface area contributed by atoms with Crippen LogP contribution in [0.4, 0.5) is 0 Å². The van der Waals surface area contributed by atoms with E-state index < -0.39 is 6.10 Å². The van der Waals surface area contributed by atoms with Gasteiger partial charge in [-0.25, -0.2) is 0 Å². The normalized spacial score (nSPS) is 12.6. The van der Waals surface area contributed by atoms with Crippen molar-refractivity contribution in [1.29, 1.82) is 0 Å². The summed E-state index contributed by atoms with van der Waals surface area (Å²) < 4.78 is 4.65. The zero-order chi connectivity index (χ0) is 8.69. The summed E-state index contributed by atoms with van der Waals surface area (Å²) in [6.07, 6.45) is 1.42.